The maximum absolute atomic E-state index is 11.5. The Hall–Kier alpha value is -1.99. The second kappa shape index (κ2) is 7.36. The van der Waals surface area contributed by atoms with E-state index in [0.717, 1.165) is 11.3 Å². The molecule has 1 aromatic carbocycles. The number of terminal acetylenes is 1. The molecule has 0 saturated heterocycles. The van der Waals surface area contributed by atoms with Gasteiger partial charge in [0.25, 0.3) is 0 Å². The van der Waals surface area contributed by atoms with Gasteiger partial charge in [0.2, 0.25) is 5.91 Å². The first-order chi connectivity index (χ1) is 8.67. The van der Waals surface area contributed by atoms with E-state index in [1.807, 2.05) is 24.3 Å². The summed E-state index contributed by atoms with van der Waals surface area (Å²) in [5.41, 5.74) is 1.09. The van der Waals surface area contributed by atoms with Crippen molar-refractivity contribution in [3.05, 3.63) is 29.8 Å². The largest absolute Gasteiger partial charge is 0.497 e. The molecule has 0 fully saturated rings. The van der Waals surface area contributed by atoms with Crippen LogP contribution in [0.4, 0.5) is 0 Å². The van der Waals surface area contributed by atoms with E-state index in [2.05, 4.69) is 16.6 Å². The Labute approximate surface area is 108 Å². The van der Waals surface area contributed by atoms with E-state index in [0.29, 0.717) is 6.54 Å². The lowest BCUT2D eigenvalue weighted by molar-refractivity contribution is -0.122. The molecule has 96 valence electrons. The number of hydrogen-bond donors (Lipinski definition) is 2. The lowest BCUT2D eigenvalue weighted by Gasteiger charge is -2.13. The maximum atomic E-state index is 11.5. The van der Waals surface area contributed by atoms with Gasteiger partial charge in [-0.1, -0.05) is 18.1 Å². The molecule has 0 bridgehead atoms. The van der Waals surface area contributed by atoms with Crippen LogP contribution in [0.5, 0.6) is 5.75 Å². The number of carbonyl (C=O) groups excluding carboxylic acids is 1. The van der Waals surface area contributed by atoms with Gasteiger partial charge >= 0.3 is 0 Å². The summed E-state index contributed by atoms with van der Waals surface area (Å²) in [5.74, 6) is 3.09. The highest BCUT2D eigenvalue weighted by molar-refractivity contribution is 5.81. The number of carbonyl (C=O) groups is 1. The summed E-state index contributed by atoms with van der Waals surface area (Å²) >= 11 is 0. The Kier molecular flexibility index (Phi) is 5.75. The monoisotopic (exact) mass is 246 g/mol. The standard InChI is InChI=1S/C14H18N2O2/c1-4-9-15-14(17)11(2)16-10-12-5-7-13(18-3)8-6-12/h1,5-8,11,16H,9-10H2,2-3H3,(H,15,17). The fourth-order valence-corrected chi connectivity index (χ4v) is 1.40. The first kappa shape index (κ1) is 14.1. The van der Waals surface area contributed by atoms with Crippen molar-refractivity contribution in [3.8, 4) is 18.1 Å². The first-order valence-corrected chi connectivity index (χ1v) is 5.75. The van der Waals surface area contributed by atoms with E-state index in [1.165, 1.54) is 0 Å². The van der Waals surface area contributed by atoms with Crippen LogP contribution in [-0.2, 0) is 11.3 Å². The number of benzene rings is 1. The van der Waals surface area contributed by atoms with Gasteiger partial charge in [0.15, 0.2) is 0 Å². The van der Waals surface area contributed by atoms with Crippen LogP contribution in [0.1, 0.15) is 12.5 Å². The molecule has 0 radical (unpaired) electrons. The molecule has 1 rings (SSSR count). The highest BCUT2D eigenvalue weighted by Crippen LogP contribution is 2.10. The maximum Gasteiger partial charge on any atom is 0.237 e. The Bertz CT molecular complexity index is 420. The van der Waals surface area contributed by atoms with Gasteiger partial charge in [-0.15, -0.1) is 6.42 Å². The van der Waals surface area contributed by atoms with E-state index in [9.17, 15) is 4.79 Å². The van der Waals surface area contributed by atoms with Crippen LogP contribution in [0.2, 0.25) is 0 Å². The third-order valence-corrected chi connectivity index (χ3v) is 2.53. The second-order valence-corrected chi connectivity index (χ2v) is 3.87. The number of amides is 1. The van der Waals surface area contributed by atoms with Crippen molar-refractivity contribution < 1.29 is 9.53 Å². The Balaban J connectivity index is 2.39. The molecule has 4 nitrogen and oxygen atoms in total. The van der Waals surface area contributed by atoms with Crippen LogP contribution >= 0.6 is 0 Å². The van der Waals surface area contributed by atoms with Crippen LogP contribution < -0.4 is 15.4 Å². The Morgan fingerprint density at radius 3 is 2.67 bits per heavy atom. The molecule has 0 spiro atoms. The molecule has 18 heavy (non-hydrogen) atoms. The van der Waals surface area contributed by atoms with Gasteiger partial charge < -0.3 is 15.4 Å². The van der Waals surface area contributed by atoms with Gasteiger partial charge in [0, 0.05) is 6.54 Å². The lowest BCUT2D eigenvalue weighted by Crippen LogP contribution is -2.41. The van der Waals surface area contributed by atoms with Crippen LogP contribution in [0.25, 0.3) is 0 Å². The van der Waals surface area contributed by atoms with Gasteiger partial charge in [0.05, 0.1) is 19.7 Å². The summed E-state index contributed by atoms with van der Waals surface area (Å²) in [6.45, 7) is 2.68. The average molecular weight is 246 g/mol. The average Bonchev–Trinajstić information content (AvgIpc) is 2.42. The first-order valence-electron chi connectivity index (χ1n) is 5.75. The Morgan fingerprint density at radius 1 is 1.44 bits per heavy atom. The minimum Gasteiger partial charge on any atom is -0.497 e. The molecular formula is C14H18N2O2. The smallest absolute Gasteiger partial charge is 0.237 e. The van der Waals surface area contributed by atoms with E-state index < -0.39 is 0 Å². The molecule has 0 aliphatic heterocycles. The molecule has 1 aromatic rings. The van der Waals surface area contributed by atoms with Gasteiger partial charge in [-0.05, 0) is 24.6 Å². The normalized spacial score (nSPS) is 11.4. The van der Waals surface area contributed by atoms with E-state index >= 15 is 0 Å². The molecular weight excluding hydrogens is 228 g/mol. The third kappa shape index (κ3) is 4.48. The minimum atomic E-state index is -0.277. The predicted molar refractivity (Wildman–Crippen MR) is 71.1 cm³/mol. The minimum absolute atomic E-state index is 0.0959. The summed E-state index contributed by atoms with van der Waals surface area (Å²) in [4.78, 5) is 11.5. The summed E-state index contributed by atoms with van der Waals surface area (Å²) in [6.07, 6.45) is 5.07. The molecule has 1 atom stereocenters. The molecule has 0 aliphatic rings. The topological polar surface area (TPSA) is 50.4 Å². The zero-order chi connectivity index (χ0) is 13.4. The van der Waals surface area contributed by atoms with Crippen LogP contribution in [0.3, 0.4) is 0 Å². The van der Waals surface area contributed by atoms with Gasteiger partial charge in [0.1, 0.15) is 5.75 Å². The molecule has 2 N–H and O–H groups in total. The quantitative estimate of drug-likeness (QED) is 0.734. The summed E-state index contributed by atoms with van der Waals surface area (Å²) in [5, 5.41) is 5.75. The van der Waals surface area contributed by atoms with E-state index in [-0.39, 0.29) is 18.5 Å². The number of methoxy groups -OCH3 is 1. The SMILES string of the molecule is C#CCNC(=O)C(C)NCc1ccc(OC)cc1. The highest BCUT2D eigenvalue weighted by atomic mass is 16.5. The number of hydrogen-bond acceptors (Lipinski definition) is 3. The van der Waals surface area contributed by atoms with Gasteiger partial charge in [-0.2, -0.15) is 0 Å². The van der Waals surface area contributed by atoms with Crippen molar-refractivity contribution in [1.82, 2.24) is 10.6 Å². The van der Waals surface area contributed by atoms with Gasteiger partial charge in [-0.25, -0.2) is 0 Å². The molecule has 1 amide bonds. The predicted octanol–water partition coefficient (Wildman–Crippen LogP) is 0.923. The van der Waals surface area contributed by atoms with Crippen molar-refractivity contribution in [2.45, 2.75) is 19.5 Å². The fourth-order valence-electron chi connectivity index (χ4n) is 1.40. The summed E-state index contributed by atoms with van der Waals surface area (Å²) in [6, 6.07) is 7.41. The molecule has 1 unspecified atom stereocenters. The molecule has 0 aromatic heterocycles. The highest BCUT2D eigenvalue weighted by Gasteiger charge is 2.10. The fraction of sp³-hybridized carbons (Fsp3) is 0.357. The van der Waals surface area contributed by atoms with Crippen LogP contribution in [0, 0.1) is 12.3 Å². The summed E-state index contributed by atoms with van der Waals surface area (Å²) < 4.78 is 5.07. The van der Waals surface area contributed by atoms with Crippen molar-refractivity contribution in [3.63, 3.8) is 0 Å². The van der Waals surface area contributed by atoms with Crippen LogP contribution in [0.15, 0.2) is 24.3 Å². The molecule has 0 heterocycles. The Morgan fingerprint density at radius 2 is 2.11 bits per heavy atom. The van der Waals surface area contributed by atoms with Crippen LogP contribution in [-0.4, -0.2) is 25.6 Å². The number of nitrogens with one attached hydrogen (secondary N) is 2. The summed E-state index contributed by atoms with van der Waals surface area (Å²) in [7, 11) is 1.63. The van der Waals surface area contributed by atoms with Crippen molar-refractivity contribution in [2.24, 2.45) is 0 Å². The number of rotatable bonds is 6. The lowest BCUT2D eigenvalue weighted by atomic mass is 10.2. The molecule has 4 heteroatoms. The molecule has 0 saturated carbocycles. The number of ether oxygens (including phenoxy) is 1. The van der Waals surface area contributed by atoms with Crippen molar-refractivity contribution in [1.29, 1.82) is 0 Å². The third-order valence-electron chi connectivity index (χ3n) is 2.53. The van der Waals surface area contributed by atoms with E-state index in [4.69, 9.17) is 11.2 Å². The van der Waals surface area contributed by atoms with Gasteiger partial charge in [-0.3, -0.25) is 4.79 Å². The van der Waals surface area contributed by atoms with Crippen molar-refractivity contribution >= 4 is 5.91 Å². The van der Waals surface area contributed by atoms with Crippen molar-refractivity contribution in [2.75, 3.05) is 13.7 Å². The zero-order valence-corrected chi connectivity index (χ0v) is 10.7. The molecule has 0 aliphatic carbocycles. The second-order valence-electron chi connectivity index (χ2n) is 3.87. The van der Waals surface area contributed by atoms with E-state index in [1.54, 1.807) is 14.0 Å². The zero-order valence-electron chi connectivity index (χ0n) is 10.7.